The summed E-state index contributed by atoms with van der Waals surface area (Å²) in [5.41, 5.74) is 3.31. The largest absolute Gasteiger partial charge is 0.507 e. The van der Waals surface area contributed by atoms with Crippen molar-refractivity contribution in [3.63, 3.8) is 0 Å². The molecule has 1 saturated heterocycles. The summed E-state index contributed by atoms with van der Waals surface area (Å²) in [6.07, 6.45) is 1.95. The molecule has 2 heterocycles. The predicted molar refractivity (Wildman–Crippen MR) is 164 cm³/mol. The van der Waals surface area contributed by atoms with Crippen LogP contribution in [0.3, 0.4) is 0 Å². The number of hydrogen-bond donors (Lipinski definition) is 1. The van der Waals surface area contributed by atoms with E-state index in [1.807, 2.05) is 6.92 Å². The highest BCUT2D eigenvalue weighted by Crippen LogP contribution is 2.44. The Bertz CT molecular complexity index is 1570. The minimum atomic E-state index is -0.904. The summed E-state index contributed by atoms with van der Waals surface area (Å²) < 4.78 is 6.47. The first kappa shape index (κ1) is 28.9. The first-order valence-electron chi connectivity index (χ1n) is 13.2. The lowest BCUT2D eigenvalue weighted by atomic mass is 9.95. The average Bonchev–Trinajstić information content (AvgIpc) is 3.55. The number of carbonyl (C=O) groups is 2. The second-order valence-electron chi connectivity index (χ2n) is 9.57. The molecule has 1 aliphatic heterocycles. The van der Waals surface area contributed by atoms with Crippen LogP contribution < -0.4 is 9.64 Å². The molecular weight excluding hydrogens is 578 g/mol. The number of ketones is 1. The molecule has 1 unspecified atom stereocenters. The zero-order valence-corrected chi connectivity index (χ0v) is 24.9. The molecule has 1 aromatic heterocycles. The number of hydrogen-bond acceptors (Lipinski definition) is 8. The maximum Gasteiger partial charge on any atom is 0.301 e. The Labute approximate surface area is 251 Å². The molecule has 1 fully saturated rings. The van der Waals surface area contributed by atoms with Crippen LogP contribution in [-0.2, 0) is 15.3 Å². The van der Waals surface area contributed by atoms with E-state index in [1.165, 1.54) is 33.6 Å². The van der Waals surface area contributed by atoms with Crippen molar-refractivity contribution in [2.45, 2.75) is 42.8 Å². The summed E-state index contributed by atoms with van der Waals surface area (Å²) in [6.45, 7) is 4.73. The maximum atomic E-state index is 13.5. The summed E-state index contributed by atoms with van der Waals surface area (Å²) >= 11 is 8.77. The number of benzene rings is 3. The minimum Gasteiger partial charge on any atom is -0.507 e. The number of aliphatic hydroxyl groups is 1. The van der Waals surface area contributed by atoms with E-state index in [0.29, 0.717) is 38.6 Å². The van der Waals surface area contributed by atoms with Gasteiger partial charge in [0.15, 0.2) is 4.34 Å². The number of anilines is 1. The molecule has 0 radical (unpaired) electrons. The molecule has 0 aliphatic carbocycles. The first-order chi connectivity index (χ1) is 19.9. The van der Waals surface area contributed by atoms with Crippen molar-refractivity contribution in [3.8, 4) is 5.75 Å². The van der Waals surface area contributed by atoms with Crippen molar-refractivity contribution in [1.82, 2.24) is 10.2 Å². The topological polar surface area (TPSA) is 92.6 Å². The van der Waals surface area contributed by atoms with Gasteiger partial charge in [0.05, 0.1) is 18.2 Å². The Hall–Kier alpha value is -3.66. The highest BCUT2D eigenvalue weighted by atomic mass is 35.5. The fourth-order valence-corrected chi connectivity index (χ4v) is 6.33. The van der Waals surface area contributed by atoms with Crippen LogP contribution in [-0.4, -0.2) is 33.6 Å². The summed E-state index contributed by atoms with van der Waals surface area (Å²) in [5, 5.41) is 20.6. The number of Topliss-reactive ketones (excluding diaryl/α,β-unsaturated/α-hetero) is 1. The third-order valence-corrected chi connectivity index (χ3v) is 8.99. The standard InChI is InChI=1S/C31H28ClN3O4S2/c1-3-4-17-39-24-15-11-21(12-16-24)26-25(27(36)22-9-13-23(32)14-10-22)28(37)29(38)35(26)30-33-34-31(41-30)40-18-20-7-5-19(2)6-8-20/h5-16,26,36H,3-4,17-18H2,1-2H3/b27-25-. The normalized spacial score (nSPS) is 16.4. The minimum absolute atomic E-state index is 0.0268. The fraction of sp³-hybridized carbons (Fsp3) is 0.226. The van der Waals surface area contributed by atoms with Crippen LogP contribution in [0.25, 0.3) is 5.76 Å². The number of aromatic nitrogens is 2. The number of ether oxygens (including phenoxy) is 1. The van der Waals surface area contributed by atoms with Gasteiger partial charge >= 0.3 is 5.91 Å². The van der Waals surface area contributed by atoms with E-state index in [9.17, 15) is 14.7 Å². The molecule has 4 aromatic rings. The molecule has 0 spiro atoms. The van der Waals surface area contributed by atoms with E-state index in [0.717, 1.165) is 18.4 Å². The van der Waals surface area contributed by atoms with Crippen LogP contribution in [0.1, 0.15) is 48.1 Å². The van der Waals surface area contributed by atoms with E-state index in [4.69, 9.17) is 16.3 Å². The second kappa shape index (κ2) is 12.9. The van der Waals surface area contributed by atoms with Gasteiger partial charge in [-0.3, -0.25) is 14.5 Å². The van der Waals surface area contributed by atoms with Crippen LogP contribution >= 0.6 is 34.7 Å². The third-order valence-electron chi connectivity index (χ3n) is 6.61. The van der Waals surface area contributed by atoms with Crippen molar-refractivity contribution in [1.29, 1.82) is 0 Å². The zero-order valence-electron chi connectivity index (χ0n) is 22.5. The molecule has 0 bridgehead atoms. The number of halogens is 1. The van der Waals surface area contributed by atoms with Gasteiger partial charge in [-0.25, -0.2) is 0 Å². The smallest absolute Gasteiger partial charge is 0.301 e. The maximum absolute atomic E-state index is 13.5. The molecular formula is C31H28ClN3O4S2. The van der Waals surface area contributed by atoms with Crippen molar-refractivity contribution in [3.05, 3.63) is 106 Å². The van der Waals surface area contributed by atoms with Crippen molar-refractivity contribution in [2.75, 3.05) is 11.5 Å². The summed E-state index contributed by atoms with van der Waals surface area (Å²) in [5.74, 6) is -0.487. The third kappa shape index (κ3) is 6.48. The number of thioether (sulfide) groups is 1. The first-order valence-corrected chi connectivity index (χ1v) is 15.3. The number of aryl methyl sites for hydroxylation is 1. The van der Waals surface area contributed by atoms with Gasteiger partial charge in [0, 0.05) is 16.3 Å². The lowest BCUT2D eigenvalue weighted by Gasteiger charge is -2.22. The summed E-state index contributed by atoms with van der Waals surface area (Å²) in [4.78, 5) is 28.2. The zero-order chi connectivity index (χ0) is 28.9. The highest BCUT2D eigenvalue weighted by Gasteiger charge is 2.48. The van der Waals surface area contributed by atoms with E-state index in [1.54, 1.807) is 48.5 Å². The molecule has 41 heavy (non-hydrogen) atoms. The van der Waals surface area contributed by atoms with Crippen LogP contribution in [0.2, 0.25) is 5.02 Å². The Morgan fingerprint density at radius 3 is 2.41 bits per heavy atom. The van der Waals surface area contributed by atoms with Gasteiger partial charge in [0.1, 0.15) is 11.5 Å². The molecule has 210 valence electrons. The molecule has 1 atom stereocenters. The number of nitrogens with zero attached hydrogens (tertiary/aromatic N) is 3. The lowest BCUT2D eigenvalue weighted by Crippen LogP contribution is -2.29. The fourth-order valence-electron chi connectivity index (χ4n) is 4.38. The number of rotatable bonds is 10. The molecule has 1 amide bonds. The number of carbonyl (C=O) groups excluding carboxylic acids is 2. The van der Waals surface area contributed by atoms with Gasteiger partial charge in [-0.15, -0.1) is 10.2 Å². The summed E-state index contributed by atoms with van der Waals surface area (Å²) in [7, 11) is 0. The molecule has 1 N–H and O–H groups in total. The Balaban J connectivity index is 1.50. The summed E-state index contributed by atoms with van der Waals surface area (Å²) in [6, 6.07) is 21.0. The van der Waals surface area contributed by atoms with Gasteiger partial charge in [-0.1, -0.05) is 90.0 Å². The molecule has 10 heteroatoms. The number of aliphatic hydroxyl groups excluding tert-OH is 1. The molecule has 7 nitrogen and oxygen atoms in total. The Kier molecular flexibility index (Phi) is 9.07. The van der Waals surface area contributed by atoms with Crippen LogP contribution in [0, 0.1) is 6.92 Å². The van der Waals surface area contributed by atoms with Gasteiger partial charge in [-0.05, 0) is 60.9 Å². The van der Waals surface area contributed by atoms with E-state index < -0.39 is 17.7 Å². The van der Waals surface area contributed by atoms with E-state index in [2.05, 4.69) is 41.4 Å². The Morgan fingerprint density at radius 1 is 1.02 bits per heavy atom. The van der Waals surface area contributed by atoms with Gasteiger partial charge in [0.2, 0.25) is 5.13 Å². The highest BCUT2D eigenvalue weighted by molar-refractivity contribution is 8.00. The number of unbranched alkanes of at least 4 members (excludes halogenated alkanes) is 1. The van der Waals surface area contributed by atoms with Gasteiger partial charge in [0.25, 0.3) is 5.78 Å². The monoisotopic (exact) mass is 605 g/mol. The average molecular weight is 606 g/mol. The van der Waals surface area contributed by atoms with Gasteiger partial charge in [-0.2, -0.15) is 0 Å². The van der Waals surface area contributed by atoms with E-state index in [-0.39, 0.29) is 16.5 Å². The van der Waals surface area contributed by atoms with Crippen molar-refractivity contribution < 1.29 is 19.4 Å². The van der Waals surface area contributed by atoms with Crippen LogP contribution in [0.5, 0.6) is 5.75 Å². The van der Waals surface area contributed by atoms with Crippen LogP contribution in [0.4, 0.5) is 5.13 Å². The van der Waals surface area contributed by atoms with Crippen LogP contribution in [0.15, 0.2) is 82.7 Å². The predicted octanol–water partition coefficient (Wildman–Crippen LogP) is 7.60. The Morgan fingerprint density at radius 2 is 1.73 bits per heavy atom. The quantitative estimate of drug-likeness (QED) is 0.0497. The molecule has 3 aromatic carbocycles. The van der Waals surface area contributed by atoms with E-state index >= 15 is 0 Å². The SMILES string of the molecule is CCCCOc1ccc(C2/C(=C(/O)c3ccc(Cl)cc3)C(=O)C(=O)N2c2nnc(SCc3ccc(C)cc3)s2)cc1. The van der Waals surface area contributed by atoms with Crippen molar-refractivity contribution in [2.24, 2.45) is 0 Å². The number of amides is 1. The van der Waals surface area contributed by atoms with Crippen molar-refractivity contribution >= 4 is 57.3 Å². The second-order valence-corrected chi connectivity index (χ2v) is 12.2. The van der Waals surface area contributed by atoms with Gasteiger partial charge < -0.3 is 9.84 Å². The molecule has 0 saturated carbocycles. The molecule has 1 aliphatic rings. The molecule has 5 rings (SSSR count). The lowest BCUT2D eigenvalue weighted by molar-refractivity contribution is -0.132.